The van der Waals surface area contributed by atoms with Crippen molar-refractivity contribution in [1.82, 2.24) is 4.90 Å². The summed E-state index contributed by atoms with van der Waals surface area (Å²) in [5.74, 6) is 0.0576. The van der Waals surface area contributed by atoms with E-state index < -0.39 is 10.9 Å². The number of non-ortho nitro benzene ring substituents is 1. The Kier molecular flexibility index (Phi) is 7.14. The molecule has 1 aliphatic heterocycles. The second kappa shape index (κ2) is 9.99. The maximum atomic E-state index is 12.5. The van der Waals surface area contributed by atoms with Crippen LogP contribution in [-0.4, -0.2) is 68.7 Å². The molecule has 0 spiro atoms. The van der Waals surface area contributed by atoms with Gasteiger partial charge in [-0.15, -0.1) is 0 Å². The molecule has 1 aliphatic rings. The molecule has 0 unspecified atom stereocenters. The molecule has 0 atom stereocenters. The minimum Gasteiger partial charge on any atom is -0.496 e. The average Bonchev–Trinajstić information content (AvgIpc) is 2.82. The molecule has 2 aromatic carbocycles. The third-order valence-corrected chi connectivity index (χ3v) is 5.37. The average molecular weight is 443 g/mol. The Balaban J connectivity index is 1.53. The molecule has 1 amide bonds. The van der Waals surface area contributed by atoms with Crippen molar-refractivity contribution in [2.24, 2.45) is 0 Å². The molecule has 10 nitrogen and oxygen atoms in total. The molecule has 1 saturated heterocycles. The lowest BCUT2D eigenvalue weighted by Gasteiger charge is -2.36. The van der Waals surface area contributed by atoms with Crippen molar-refractivity contribution in [2.75, 3.05) is 51.9 Å². The number of ether oxygens (including phenoxy) is 3. The van der Waals surface area contributed by atoms with Crippen molar-refractivity contribution in [3.05, 3.63) is 57.6 Å². The van der Waals surface area contributed by atoms with Crippen molar-refractivity contribution in [2.45, 2.75) is 6.92 Å². The van der Waals surface area contributed by atoms with Crippen LogP contribution in [0.5, 0.6) is 11.5 Å². The van der Waals surface area contributed by atoms with Gasteiger partial charge in [0.25, 0.3) is 11.6 Å². The van der Waals surface area contributed by atoms with Crippen LogP contribution in [0.1, 0.15) is 15.9 Å². The predicted molar refractivity (Wildman–Crippen MR) is 116 cm³/mol. The maximum Gasteiger partial charge on any atom is 0.338 e. The fourth-order valence-corrected chi connectivity index (χ4v) is 3.51. The Hall–Kier alpha value is -3.82. The highest BCUT2D eigenvalue weighted by Gasteiger charge is 2.23. The lowest BCUT2D eigenvalue weighted by molar-refractivity contribution is -0.384. The number of benzene rings is 2. The minimum absolute atomic E-state index is 0.0354. The zero-order valence-corrected chi connectivity index (χ0v) is 18.2. The molecular weight excluding hydrogens is 418 g/mol. The number of methoxy groups -OCH3 is 2. The smallest absolute Gasteiger partial charge is 0.338 e. The summed E-state index contributed by atoms with van der Waals surface area (Å²) in [6.07, 6.45) is 0. The van der Waals surface area contributed by atoms with Gasteiger partial charge in [0.2, 0.25) is 0 Å². The molecule has 0 saturated carbocycles. The molecule has 0 radical (unpaired) electrons. The summed E-state index contributed by atoms with van der Waals surface area (Å²) in [5.41, 5.74) is 1.89. The van der Waals surface area contributed by atoms with Gasteiger partial charge in [-0.25, -0.2) is 4.79 Å². The van der Waals surface area contributed by atoms with Crippen LogP contribution in [-0.2, 0) is 9.53 Å². The Morgan fingerprint density at radius 3 is 2.06 bits per heavy atom. The highest BCUT2D eigenvalue weighted by molar-refractivity contribution is 5.92. The number of nitrogens with zero attached hydrogens (tertiary/aromatic N) is 3. The Labute approximate surface area is 185 Å². The highest BCUT2D eigenvalue weighted by Crippen LogP contribution is 2.29. The molecule has 0 aromatic heterocycles. The van der Waals surface area contributed by atoms with Gasteiger partial charge in [-0.2, -0.15) is 0 Å². The fraction of sp³-hybridized carbons (Fsp3) is 0.364. The summed E-state index contributed by atoms with van der Waals surface area (Å²) in [4.78, 5) is 39.0. The topological polar surface area (TPSA) is 111 Å². The van der Waals surface area contributed by atoms with Crippen LogP contribution in [0, 0.1) is 17.0 Å². The lowest BCUT2D eigenvalue weighted by atomic mass is 10.1. The van der Waals surface area contributed by atoms with Crippen LogP contribution >= 0.6 is 0 Å². The predicted octanol–water partition coefficient (Wildman–Crippen LogP) is 2.43. The number of carbonyl (C=O) groups excluding carboxylic acids is 2. The first-order chi connectivity index (χ1) is 15.3. The number of nitro benzene ring substituents is 1. The molecule has 0 N–H and O–H groups in total. The number of anilines is 1. The molecule has 3 rings (SSSR count). The van der Waals surface area contributed by atoms with E-state index in [2.05, 4.69) is 0 Å². The Bertz CT molecular complexity index is 974. The van der Waals surface area contributed by atoms with Gasteiger partial charge in [0, 0.05) is 49.6 Å². The largest absolute Gasteiger partial charge is 0.496 e. The third-order valence-electron chi connectivity index (χ3n) is 5.37. The maximum absolute atomic E-state index is 12.5. The van der Waals surface area contributed by atoms with E-state index in [1.807, 2.05) is 11.8 Å². The first-order valence-electron chi connectivity index (χ1n) is 10.0. The van der Waals surface area contributed by atoms with Gasteiger partial charge in [-0.05, 0) is 31.2 Å². The van der Waals surface area contributed by atoms with E-state index in [0.717, 1.165) is 11.3 Å². The highest BCUT2D eigenvalue weighted by atomic mass is 16.6. The first kappa shape index (κ1) is 22.9. The normalized spacial score (nSPS) is 13.5. The zero-order valence-electron chi connectivity index (χ0n) is 18.2. The first-order valence-corrected chi connectivity index (χ1v) is 10.0. The van der Waals surface area contributed by atoms with Crippen LogP contribution < -0.4 is 14.4 Å². The number of piperazine rings is 1. The van der Waals surface area contributed by atoms with Crippen LogP contribution in [0.2, 0.25) is 0 Å². The third kappa shape index (κ3) is 5.08. The van der Waals surface area contributed by atoms with Gasteiger partial charge >= 0.3 is 5.97 Å². The molecular formula is C22H25N3O7. The molecule has 0 aliphatic carbocycles. The molecule has 1 heterocycles. The van der Waals surface area contributed by atoms with Gasteiger partial charge < -0.3 is 24.0 Å². The number of rotatable bonds is 7. The fourth-order valence-electron chi connectivity index (χ4n) is 3.51. The molecule has 10 heteroatoms. The summed E-state index contributed by atoms with van der Waals surface area (Å²) < 4.78 is 15.7. The molecule has 0 bridgehead atoms. The summed E-state index contributed by atoms with van der Waals surface area (Å²) in [5, 5.41) is 10.8. The van der Waals surface area contributed by atoms with Crippen molar-refractivity contribution in [3.63, 3.8) is 0 Å². The van der Waals surface area contributed by atoms with Crippen molar-refractivity contribution in [3.8, 4) is 11.5 Å². The number of nitro groups is 1. The quantitative estimate of drug-likeness (QED) is 0.364. The number of carbonyl (C=O) groups is 2. The van der Waals surface area contributed by atoms with E-state index in [-0.39, 0.29) is 23.8 Å². The van der Waals surface area contributed by atoms with Gasteiger partial charge in [0.1, 0.15) is 11.5 Å². The SMILES string of the molecule is COc1cc(C(=O)OCC(=O)N2CCN(c3ccc([N+](=O)[O-])cc3)CC2)cc(OC)c1C. The Morgan fingerprint density at radius 1 is 1.00 bits per heavy atom. The second-order valence-corrected chi connectivity index (χ2v) is 7.22. The zero-order chi connectivity index (χ0) is 23.3. The van der Waals surface area contributed by atoms with Crippen LogP contribution in [0.25, 0.3) is 0 Å². The van der Waals surface area contributed by atoms with Crippen molar-refractivity contribution >= 4 is 23.3 Å². The van der Waals surface area contributed by atoms with Gasteiger partial charge in [0.15, 0.2) is 6.61 Å². The molecule has 170 valence electrons. The van der Waals surface area contributed by atoms with Gasteiger partial charge in [-0.3, -0.25) is 14.9 Å². The number of amides is 1. The second-order valence-electron chi connectivity index (χ2n) is 7.22. The van der Waals surface area contributed by atoms with E-state index in [0.29, 0.717) is 37.7 Å². The number of hydrogen-bond donors (Lipinski definition) is 0. The van der Waals surface area contributed by atoms with Crippen molar-refractivity contribution in [1.29, 1.82) is 0 Å². The van der Waals surface area contributed by atoms with E-state index in [1.54, 1.807) is 29.2 Å². The Morgan fingerprint density at radius 2 is 1.56 bits per heavy atom. The van der Waals surface area contributed by atoms with Crippen LogP contribution in [0.15, 0.2) is 36.4 Å². The van der Waals surface area contributed by atoms with Gasteiger partial charge in [0.05, 0.1) is 24.7 Å². The summed E-state index contributed by atoms with van der Waals surface area (Å²) in [6, 6.07) is 9.41. The van der Waals surface area contributed by atoms with E-state index >= 15 is 0 Å². The monoisotopic (exact) mass is 443 g/mol. The number of esters is 1. The van der Waals surface area contributed by atoms with Gasteiger partial charge in [-0.1, -0.05) is 0 Å². The lowest BCUT2D eigenvalue weighted by Crippen LogP contribution is -2.49. The number of hydrogen-bond acceptors (Lipinski definition) is 8. The molecule has 1 fully saturated rings. The van der Waals surface area contributed by atoms with Crippen molar-refractivity contribution < 1.29 is 28.7 Å². The van der Waals surface area contributed by atoms with E-state index in [4.69, 9.17) is 14.2 Å². The van der Waals surface area contributed by atoms with E-state index in [1.165, 1.54) is 26.4 Å². The summed E-state index contributed by atoms with van der Waals surface area (Å²) >= 11 is 0. The van der Waals surface area contributed by atoms with E-state index in [9.17, 15) is 19.7 Å². The standard InChI is InChI=1S/C22H25N3O7/c1-15-19(30-2)12-16(13-20(15)31-3)22(27)32-14-21(26)24-10-8-23(9-11-24)17-4-6-18(7-5-17)25(28)29/h4-7,12-13H,8-11,14H2,1-3H3. The molecule has 2 aromatic rings. The summed E-state index contributed by atoms with van der Waals surface area (Å²) in [6.45, 7) is 3.51. The van der Waals surface area contributed by atoms with Crippen LogP contribution in [0.3, 0.4) is 0 Å². The summed E-state index contributed by atoms with van der Waals surface area (Å²) in [7, 11) is 2.99. The minimum atomic E-state index is -0.639. The molecule has 32 heavy (non-hydrogen) atoms. The van der Waals surface area contributed by atoms with Crippen LogP contribution in [0.4, 0.5) is 11.4 Å².